The number of urea groups is 1. The third-order valence-corrected chi connectivity index (χ3v) is 2.53. The molecule has 0 saturated heterocycles. The van der Waals surface area contributed by atoms with Gasteiger partial charge in [0, 0.05) is 12.1 Å². The van der Waals surface area contributed by atoms with Crippen molar-refractivity contribution in [3.63, 3.8) is 0 Å². The fraction of sp³-hybridized carbons (Fsp3) is 0.385. The van der Waals surface area contributed by atoms with Crippen molar-refractivity contribution < 1.29 is 19.1 Å². The van der Waals surface area contributed by atoms with Crippen LogP contribution >= 0.6 is 0 Å². The van der Waals surface area contributed by atoms with Crippen LogP contribution in [0.25, 0.3) is 0 Å². The molecule has 0 spiro atoms. The number of carbonyl (C=O) groups is 2. The van der Waals surface area contributed by atoms with Gasteiger partial charge < -0.3 is 20.1 Å². The van der Waals surface area contributed by atoms with Crippen LogP contribution in [0.4, 0.5) is 4.79 Å². The van der Waals surface area contributed by atoms with Crippen LogP contribution < -0.4 is 15.4 Å². The molecule has 0 aliphatic heterocycles. The zero-order valence-electron chi connectivity index (χ0n) is 11.2. The minimum atomic E-state index is -0.692. The molecule has 2 amide bonds. The SMILES string of the molecule is COC(=O)[C@H](C)NC(=O)NCc1ccccc1OC. The van der Waals surface area contributed by atoms with Crippen molar-refractivity contribution in [2.24, 2.45) is 0 Å². The summed E-state index contributed by atoms with van der Waals surface area (Å²) in [4.78, 5) is 22.7. The van der Waals surface area contributed by atoms with Crippen LogP contribution in [0, 0.1) is 0 Å². The number of esters is 1. The Labute approximate surface area is 112 Å². The van der Waals surface area contributed by atoms with E-state index >= 15 is 0 Å². The molecule has 0 aromatic heterocycles. The van der Waals surface area contributed by atoms with E-state index in [2.05, 4.69) is 15.4 Å². The van der Waals surface area contributed by atoms with Gasteiger partial charge in [-0.05, 0) is 13.0 Å². The summed E-state index contributed by atoms with van der Waals surface area (Å²) in [7, 11) is 2.84. The normalized spacial score (nSPS) is 11.3. The first-order chi connectivity index (χ1) is 9.08. The smallest absolute Gasteiger partial charge is 0.328 e. The summed E-state index contributed by atoms with van der Waals surface area (Å²) in [6.07, 6.45) is 0. The van der Waals surface area contributed by atoms with Gasteiger partial charge in [0.25, 0.3) is 0 Å². The van der Waals surface area contributed by atoms with Crippen molar-refractivity contribution in [1.82, 2.24) is 10.6 Å². The van der Waals surface area contributed by atoms with E-state index in [1.807, 2.05) is 24.3 Å². The average molecular weight is 266 g/mol. The molecule has 104 valence electrons. The minimum absolute atomic E-state index is 0.309. The van der Waals surface area contributed by atoms with Gasteiger partial charge >= 0.3 is 12.0 Å². The van der Waals surface area contributed by atoms with Crippen molar-refractivity contribution in [2.75, 3.05) is 14.2 Å². The number of benzene rings is 1. The molecule has 0 saturated carbocycles. The number of methoxy groups -OCH3 is 2. The zero-order valence-corrected chi connectivity index (χ0v) is 11.2. The van der Waals surface area contributed by atoms with Crippen LogP contribution in [0.15, 0.2) is 24.3 Å². The maximum absolute atomic E-state index is 11.6. The molecule has 0 aliphatic carbocycles. The molecule has 6 nitrogen and oxygen atoms in total. The lowest BCUT2D eigenvalue weighted by molar-refractivity contribution is -0.142. The number of ether oxygens (including phenoxy) is 2. The highest BCUT2D eigenvalue weighted by molar-refractivity contribution is 5.83. The summed E-state index contributed by atoms with van der Waals surface area (Å²) in [5, 5.41) is 5.12. The molecule has 1 rings (SSSR count). The monoisotopic (exact) mass is 266 g/mol. The van der Waals surface area contributed by atoms with Gasteiger partial charge in [-0.3, -0.25) is 0 Å². The first-order valence-corrected chi connectivity index (χ1v) is 5.82. The molecule has 0 unspecified atom stereocenters. The lowest BCUT2D eigenvalue weighted by atomic mass is 10.2. The molecular weight excluding hydrogens is 248 g/mol. The molecule has 2 N–H and O–H groups in total. The largest absolute Gasteiger partial charge is 0.496 e. The number of hydrogen-bond donors (Lipinski definition) is 2. The Kier molecular flexibility index (Phi) is 5.66. The lowest BCUT2D eigenvalue weighted by Crippen LogP contribution is -2.44. The number of hydrogen-bond acceptors (Lipinski definition) is 4. The average Bonchev–Trinajstić information content (AvgIpc) is 2.44. The second-order valence-corrected chi connectivity index (χ2v) is 3.88. The summed E-state index contributed by atoms with van der Waals surface area (Å²) in [6.45, 7) is 1.86. The Bertz CT molecular complexity index is 448. The Balaban J connectivity index is 2.48. The highest BCUT2D eigenvalue weighted by Crippen LogP contribution is 2.16. The Morgan fingerprint density at radius 3 is 2.58 bits per heavy atom. The summed E-state index contributed by atoms with van der Waals surface area (Å²) < 4.78 is 9.68. The van der Waals surface area contributed by atoms with E-state index in [9.17, 15) is 9.59 Å². The lowest BCUT2D eigenvalue weighted by Gasteiger charge is -2.13. The van der Waals surface area contributed by atoms with Crippen molar-refractivity contribution in [3.8, 4) is 5.75 Å². The van der Waals surface area contributed by atoms with Crippen molar-refractivity contribution in [2.45, 2.75) is 19.5 Å². The van der Waals surface area contributed by atoms with Gasteiger partial charge in [-0.2, -0.15) is 0 Å². The summed E-state index contributed by atoms with van der Waals surface area (Å²) in [5.41, 5.74) is 0.853. The minimum Gasteiger partial charge on any atom is -0.496 e. The van der Waals surface area contributed by atoms with E-state index in [4.69, 9.17) is 4.74 Å². The first-order valence-electron chi connectivity index (χ1n) is 5.82. The molecule has 0 heterocycles. The quantitative estimate of drug-likeness (QED) is 0.781. The number of para-hydroxylation sites is 1. The van der Waals surface area contributed by atoms with E-state index in [1.54, 1.807) is 14.0 Å². The van der Waals surface area contributed by atoms with Gasteiger partial charge in [0.1, 0.15) is 11.8 Å². The maximum Gasteiger partial charge on any atom is 0.328 e. The molecule has 0 fully saturated rings. The van der Waals surface area contributed by atoms with Crippen molar-refractivity contribution in [3.05, 3.63) is 29.8 Å². The van der Waals surface area contributed by atoms with Gasteiger partial charge in [-0.1, -0.05) is 18.2 Å². The molecule has 1 aromatic carbocycles. The predicted molar refractivity (Wildman–Crippen MR) is 69.8 cm³/mol. The second kappa shape index (κ2) is 7.25. The van der Waals surface area contributed by atoms with Crippen LogP contribution in [0.3, 0.4) is 0 Å². The van der Waals surface area contributed by atoms with Crippen LogP contribution in [-0.4, -0.2) is 32.3 Å². The Morgan fingerprint density at radius 1 is 1.26 bits per heavy atom. The fourth-order valence-corrected chi connectivity index (χ4v) is 1.51. The van der Waals surface area contributed by atoms with Gasteiger partial charge in [0.05, 0.1) is 14.2 Å². The van der Waals surface area contributed by atoms with Gasteiger partial charge in [0.15, 0.2) is 0 Å². The van der Waals surface area contributed by atoms with Crippen LogP contribution in [0.5, 0.6) is 5.75 Å². The van der Waals surface area contributed by atoms with Crippen LogP contribution in [-0.2, 0) is 16.1 Å². The highest BCUT2D eigenvalue weighted by Gasteiger charge is 2.15. The number of carbonyl (C=O) groups excluding carboxylic acids is 2. The first kappa shape index (κ1) is 14.8. The van der Waals surface area contributed by atoms with Crippen LogP contribution in [0.2, 0.25) is 0 Å². The molecule has 0 bridgehead atoms. The molecule has 0 radical (unpaired) electrons. The van der Waals surface area contributed by atoms with E-state index in [0.717, 1.165) is 5.56 Å². The van der Waals surface area contributed by atoms with Gasteiger partial charge in [-0.15, -0.1) is 0 Å². The number of nitrogens with one attached hydrogen (secondary N) is 2. The van der Waals surface area contributed by atoms with E-state index in [1.165, 1.54) is 7.11 Å². The standard InChI is InChI=1S/C13H18N2O4/c1-9(12(16)19-3)15-13(17)14-8-10-6-4-5-7-11(10)18-2/h4-7,9H,8H2,1-3H3,(H2,14,15,17)/t9-/m0/s1. The number of amides is 2. The van der Waals surface area contributed by atoms with Crippen LogP contribution in [0.1, 0.15) is 12.5 Å². The number of rotatable bonds is 5. The molecule has 6 heteroatoms. The Morgan fingerprint density at radius 2 is 1.95 bits per heavy atom. The molecule has 1 aromatic rings. The summed E-state index contributed by atoms with van der Waals surface area (Å²) >= 11 is 0. The summed E-state index contributed by atoms with van der Waals surface area (Å²) in [5.74, 6) is 0.205. The zero-order chi connectivity index (χ0) is 14.3. The molecular formula is C13H18N2O4. The van der Waals surface area contributed by atoms with E-state index in [0.29, 0.717) is 12.3 Å². The Hall–Kier alpha value is -2.24. The van der Waals surface area contributed by atoms with Gasteiger partial charge in [-0.25, -0.2) is 9.59 Å². The predicted octanol–water partition coefficient (Wildman–Crippen LogP) is 1.06. The van der Waals surface area contributed by atoms with Gasteiger partial charge in [0.2, 0.25) is 0 Å². The van der Waals surface area contributed by atoms with E-state index in [-0.39, 0.29) is 0 Å². The fourth-order valence-electron chi connectivity index (χ4n) is 1.51. The maximum atomic E-state index is 11.6. The third-order valence-electron chi connectivity index (χ3n) is 2.53. The second-order valence-electron chi connectivity index (χ2n) is 3.88. The molecule has 0 aliphatic rings. The topological polar surface area (TPSA) is 76.7 Å². The highest BCUT2D eigenvalue weighted by atomic mass is 16.5. The molecule has 19 heavy (non-hydrogen) atoms. The van der Waals surface area contributed by atoms with Crippen molar-refractivity contribution in [1.29, 1.82) is 0 Å². The summed E-state index contributed by atoms with van der Waals surface area (Å²) in [6, 6.07) is 6.23. The van der Waals surface area contributed by atoms with E-state index < -0.39 is 18.0 Å². The third kappa shape index (κ3) is 4.50. The van der Waals surface area contributed by atoms with Crippen molar-refractivity contribution >= 4 is 12.0 Å². The molecule has 1 atom stereocenters.